The van der Waals surface area contributed by atoms with Crippen LogP contribution in [0, 0.1) is 5.92 Å². The average Bonchev–Trinajstić information content (AvgIpc) is 3.07. The van der Waals surface area contributed by atoms with Gasteiger partial charge in [0.25, 0.3) is 0 Å². The third-order valence-electron chi connectivity index (χ3n) is 3.69. The van der Waals surface area contributed by atoms with Gasteiger partial charge in [0.05, 0.1) is 19.1 Å². The molecule has 0 radical (unpaired) electrons. The molecule has 2 rings (SSSR count). The van der Waals surface area contributed by atoms with Gasteiger partial charge in [-0.2, -0.15) is 13.2 Å². The minimum atomic E-state index is -4.63. The third kappa shape index (κ3) is 5.40. The SMILES string of the molecule is O=C(O)NCCC(CC(=O)c1cnccc1C1OCCO1)C(F)(F)F. The van der Waals surface area contributed by atoms with Gasteiger partial charge in [0.2, 0.25) is 0 Å². The summed E-state index contributed by atoms with van der Waals surface area (Å²) in [6.45, 7) is 0.251. The summed E-state index contributed by atoms with van der Waals surface area (Å²) in [7, 11) is 0. The van der Waals surface area contributed by atoms with E-state index in [2.05, 4.69) is 4.98 Å². The van der Waals surface area contributed by atoms with E-state index in [-0.39, 0.29) is 5.56 Å². The predicted octanol–water partition coefficient (Wildman–Crippen LogP) is 2.54. The maximum atomic E-state index is 13.1. The molecule has 10 heteroatoms. The highest BCUT2D eigenvalue weighted by atomic mass is 19.4. The van der Waals surface area contributed by atoms with Crippen LogP contribution in [0.15, 0.2) is 18.5 Å². The van der Waals surface area contributed by atoms with Gasteiger partial charge < -0.3 is 19.9 Å². The topological polar surface area (TPSA) is 97.8 Å². The molecule has 0 aromatic carbocycles. The van der Waals surface area contributed by atoms with Crippen LogP contribution in [0.1, 0.15) is 35.1 Å². The first-order valence-electron chi connectivity index (χ1n) is 7.53. The fourth-order valence-electron chi connectivity index (χ4n) is 2.45. The lowest BCUT2D eigenvalue weighted by Gasteiger charge is -2.20. The van der Waals surface area contributed by atoms with Crippen molar-refractivity contribution in [3.05, 3.63) is 29.6 Å². The molecule has 7 nitrogen and oxygen atoms in total. The summed E-state index contributed by atoms with van der Waals surface area (Å²) in [4.78, 5) is 26.5. The summed E-state index contributed by atoms with van der Waals surface area (Å²) in [6, 6.07) is 1.47. The van der Waals surface area contributed by atoms with Crippen molar-refractivity contribution < 1.29 is 37.3 Å². The van der Waals surface area contributed by atoms with E-state index in [9.17, 15) is 22.8 Å². The van der Waals surface area contributed by atoms with Crippen molar-refractivity contribution in [3.63, 3.8) is 0 Å². The number of carbonyl (C=O) groups is 2. The molecule has 1 amide bonds. The van der Waals surface area contributed by atoms with Crippen molar-refractivity contribution in [3.8, 4) is 0 Å². The maximum Gasteiger partial charge on any atom is 0.404 e. The second-order valence-corrected chi connectivity index (χ2v) is 5.42. The molecule has 0 spiro atoms. The lowest BCUT2D eigenvalue weighted by Crippen LogP contribution is -2.31. The van der Waals surface area contributed by atoms with Gasteiger partial charge in [-0.15, -0.1) is 0 Å². The van der Waals surface area contributed by atoms with Crippen molar-refractivity contribution in [1.82, 2.24) is 10.3 Å². The Labute approximate surface area is 141 Å². The molecule has 1 saturated heterocycles. The molecule has 1 aromatic rings. The molecule has 1 aromatic heterocycles. The Hall–Kier alpha value is -2.20. The van der Waals surface area contributed by atoms with E-state index in [1.165, 1.54) is 18.5 Å². The number of halogens is 3. The van der Waals surface area contributed by atoms with Crippen LogP contribution in [0.3, 0.4) is 0 Å². The van der Waals surface area contributed by atoms with Crippen molar-refractivity contribution in [2.75, 3.05) is 19.8 Å². The number of Topliss-reactive ketones (excluding diaryl/α,β-unsaturated/α-hetero) is 1. The Morgan fingerprint density at radius 1 is 1.36 bits per heavy atom. The highest BCUT2D eigenvalue weighted by molar-refractivity contribution is 5.97. The van der Waals surface area contributed by atoms with Gasteiger partial charge in [-0.25, -0.2) is 4.79 Å². The van der Waals surface area contributed by atoms with Gasteiger partial charge in [-0.05, 0) is 12.5 Å². The van der Waals surface area contributed by atoms with Gasteiger partial charge >= 0.3 is 12.3 Å². The van der Waals surface area contributed by atoms with Crippen molar-refractivity contribution >= 4 is 11.9 Å². The number of alkyl halides is 3. The highest BCUT2D eigenvalue weighted by Crippen LogP contribution is 2.34. The number of aromatic nitrogens is 1. The Morgan fingerprint density at radius 2 is 2.04 bits per heavy atom. The normalized spacial score (nSPS) is 16.6. The van der Waals surface area contributed by atoms with E-state index in [0.29, 0.717) is 18.8 Å². The number of ether oxygens (including phenoxy) is 2. The Kier molecular flexibility index (Phi) is 6.32. The molecule has 1 fully saturated rings. The largest absolute Gasteiger partial charge is 0.465 e. The zero-order valence-electron chi connectivity index (χ0n) is 13.1. The van der Waals surface area contributed by atoms with Crippen LogP contribution < -0.4 is 5.32 Å². The standard InChI is InChI=1S/C15H17F3N2O5/c16-15(17,18)9(1-4-20-14(22)23)7-12(21)11-8-19-3-2-10(11)13-24-5-6-25-13/h2-3,8-9,13,20H,1,4-7H2,(H,22,23). The average molecular weight is 362 g/mol. The molecule has 0 aliphatic carbocycles. The van der Waals surface area contributed by atoms with Crippen LogP contribution in [-0.4, -0.2) is 47.9 Å². The quantitative estimate of drug-likeness (QED) is 0.724. The molecule has 25 heavy (non-hydrogen) atoms. The van der Waals surface area contributed by atoms with Gasteiger partial charge in [-0.1, -0.05) is 0 Å². The summed E-state index contributed by atoms with van der Waals surface area (Å²) in [5.41, 5.74) is 0.344. The molecule has 1 atom stereocenters. The van der Waals surface area contributed by atoms with Crippen LogP contribution in [0.2, 0.25) is 0 Å². The van der Waals surface area contributed by atoms with Gasteiger partial charge in [-0.3, -0.25) is 9.78 Å². The number of amides is 1. The molecule has 2 heterocycles. The zero-order chi connectivity index (χ0) is 18.4. The summed E-state index contributed by atoms with van der Waals surface area (Å²) in [5, 5.41) is 10.3. The van der Waals surface area contributed by atoms with Crippen molar-refractivity contribution in [2.45, 2.75) is 25.3 Å². The highest BCUT2D eigenvalue weighted by Gasteiger charge is 2.41. The van der Waals surface area contributed by atoms with Gasteiger partial charge in [0.1, 0.15) is 0 Å². The first-order chi connectivity index (χ1) is 11.8. The number of pyridine rings is 1. The summed E-state index contributed by atoms with van der Waals surface area (Å²) in [5.74, 6) is -2.72. The lowest BCUT2D eigenvalue weighted by atomic mass is 9.93. The molecule has 1 unspecified atom stereocenters. The number of nitrogens with zero attached hydrogens (tertiary/aromatic N) is 1. The number of rotatable bonds is 7. The smallest absolute Gasteiger partial charge is 0.404 e. The zero-order valence-corrected chi connectivity index (χ0v) is 13.1. The Bertz CT molecular complexity index is 617. The van der Waals surface area contributed by atoms with E-state index in [1.54, 1.807) is 0 Å². The van der Waals surface area contributed by atoms with Gasteiger partial charge in [0, 0.05) is 36.5 Å². The van der Waals surface area contributed by atoms with E-state index in [1.807, 2.05) is 5.32 Å². The van der Waals surface area contributed by atoms with Crippen LogP contribution in [-0.2, 0) is 9.47 Å². The fraction of sp³-hybridized carbons (Fsp3) is 0.533. The number of hydrogen-bond acceptors (Lipinski definition) is 5. The van der Waals surface area contributed by atoms with E-state index in [0.717, 1.165) is 0 Å². The molecule has 2 N–H and O–H groups in total. The Morgan fingerprint density at radius 3 is 2.64 bits per heavy atom. The molecule has 1 aliphatic rings. The molecule has 138 valence electrons. The maximum absolute atomic E-state index is 13.1. The van der Waals surface area contributed by atoms with E-state index >= 15 is 0 Å². The van der Waals surface area contributed by atoms with Crippen molar-refractivity contribution in [2.24, 2.45) is 5.92 Å². The third-order valence-corrected chi connectivity index (χ3v) is 3.69. The molecule has 0 saturated carbocycles. The van der Waals surface area contributed by atoms with Crippen LogP contribution in [0.25, 0.3) is 0 Å². The minimum absolute atomic E-state index is 0.00911. The number of hydrogen-bond donors (Lipinski definition) is 2. The van der Waals surface area contributed by atoms with Crippen LogP contribution >= 0.6 is 0 Å². The monoisotopic (exact) mass is 362 g/mol. The second-order valence-electron chi connectivity index (χ2n) is 5.42. The van der Waals surface area contributed by atoms with Crippen molar-refractivity contribution in [1.29, 1.82) is 0 Å². The Balaban J connectivity index is 2.11. The minimum Gasteiger partial charge on any atom is -0.465 e. The number of ketones is 1. The van der Waals surface area contributed by atoms with Gasteiger partial charge in [0.15, 0.2) is 12.1 Å². The number of nitrogens with one attached hydrogen (secondary N) is 1. The first-order valence-corrected chi connectivity index (χ1v) is 7.53. The number of carbonyl (C=O) groups excluding carboxylic acids is 1. The molecule has 1 aliphatic heterocycles. The fourth-order valence-corrected chi connectivity index (χ4v) is 2.45. The van der Waals surface area contributed by atoms with Crippen LogP contribution in [0.4, 0.5) is 18.0 Å². The second kappa shape index (κ2) is 8.26. The van der Waals surface area contributed by atoms with E-state index < -0.39 is 49.6 Å². The molecule has 0 bridgehead atoms. The van der Waals surface area contributed by atoms with Crippen LogP contribution in [0.5, 0.6) is 0 Å². The summed E-state index contributed by atoms with van der Waals surface area (Å²) >= 11 is 0. The first kappa shape index (κ1) is 19.1. The summed E-state index contributed by atoms with van der Waals surface area (Å²) < 4.78 is 50.0. The predicted molar refractivity (Wildman–Crippen MR) is 78.0 cm³/mol. The summed E-state index contributed by atoms with van der Waals surface area (Å²) in [6.07, 6.45) is -5.61. The molecular weight excluding hydrogens is 345 g/mol. The molecular formula is C15H17F3N2O5. The number of carboxylic acid groups (broad SMARTS) is 1. The lowest BCUT2D eigenvalue weighted by molar-refractivity contribution is -0.175. The van der Waals surface area contributed by atoms with E-state index in [4.69, 9.17) is 14.6 Å².